The summed E-state index contributed by atoms with van der Waals surface area (Å²) in [6.45, 7) is 2.57. The molecule has 1 aliphatic rings. The van der Waals surface area contributed by atoms with Crippen molar-refractivity contribution < 1.29 is 9.26 Å². The van der Waals surface area contributed by atoms with Gasteiger partial charge in [-0.15, -0.1) is 0 Å². The molecule has 1 atom stereocenters. The predicted molar refractivity (Wildman–Crippen MR) is 85.3 cm³/mol. The molecule has 1 unspecified atom stereocenters. The van der Waals surface area contributed by atoms with Crippen molar-refractivity contribution in [3.8, 4) is 17.4 Å². The minimum Gasteiger partial charge on any atom is -0.496 e. The summed E-state index contributed by atoms with van der Waals surface area (Å²) in [7, 11) is 1.72. The minimum atomic E-state index is 0.433. The number of likely N-dealkylation sites (tertiary alicyclic amines) is 1. The van der Waals surface area contributed by atoms with Crippen LogP contribution in [0.1, 0.15) is 23.8 Å². The van der Waals surface area contributed by atoms with E-state index in [0.29, 0.717) is 30.0 Å². The molecule has 1 N–H and O–H groups in total. The van der Waals surface area contributed by atoms with Crippen molar-refractivity contribution in [2.75, 3.05) is 20.2 Å². The Balaban J connectivity index is 1.42. The summed E-state index contributed by atoms with van der Waals surface area (Å²) in [5.74, 6) is 2.94. The average Bonchev–Trinajstić information content (AvgIpc) is 3.36. The van der Waals surface area contributed by atoms with Crippen molar-refractivity contribution in [3.63, 3.8) is 0 Å². The van der Waals surface area contributed by atoms with Gasteiger partial charge in [-0.2, -0.15) is 10.1 Å². The standard InChI is InChI=1S/C16H18N6O2/c1-23-13-5-3-2-4-12(13)11-6-7-22(8-11)9-14-19-16(21-24-14)15-17-10-18-20-15/h2-5,10-11H,6-9H2,1H3,(H,17,18,20). The highest BCUT2D eigenvalue weighted by molar-refractivity contribution is 5.39. The van der Waals surface area contributed by atoms with Gasteiger partial charge >= 0.3 is 0 Å². The molecule has 0 radical (unpaired) electrons. The van der Waals surface area contributed by atoms with Gasteiger partial charge in [0.15, 0.2) is 5.82 Å². The largest absolute Gasteiger partial charge is 0.496 e. The molecule has 1 aliphatic heterocycles. The number of rotatable bonds is 5. The van der Waals surface area contributed by atoms with Crippen LogP contribution >= 0.6 is 0 Å². The first-order valence-electron chi connectivity index (χ1n) is 7.87. The Labute approximate surface area is 138 Å². The molecule has 1 fully saturated rings. The van der Waals surface area contributed by atoms with Crippen LogP contribution < -0.4 is 4.74 Å². The number of para-hydroxylation sites is 1. The SMILES string of the molecule is COc1ccccc1C1CCN(Cc2nc(-c3ncn[nH]3)no2)C1. The van der Waals surface area contributed by atoms with E-state index < -0.39 is 0 Å². The first kappa shape index (κ1) is 14.8. The van der Waals surface area contributed by atoms with Gasteiger partial charge < -0.3 is 9.26 Å². The summed E-state index contributed by atoms with van der Waals surface area (Å²) in [5.41, 5.74) is 1.26. The highest BCUT2D eigenvalue weighted by Gasteiger charge is 2.27. The minimum absolute atomic E-state index is 0.433. The molecule has 0 bridgehead atoms. The molecule has 0 amide bonds. The topological polar surface area (TPSA) is 93.0 Å². The molecular weight excluding hydrogens is 308 g/mol. The molecule has 8 nitrogen and oxygen atoms in total. The number of aromatic amines is 1. The highest BCUT2D eigenvalue weighted by atomic mass is 16.5. The van der Waals surface area contributed by atoms with Crippen LogP contribution in [0.15, 0.2) is 35.1 Å². The summed E-state index contributed by atoms with van der Waals surface area (Å²) < 4.78 is 10.8. The maximum absolute atomic E-state index is 5.48. The molecular formula is C16H18N6O2. The highest BCUT2D eigenvalue weighted by Crippen LogP contribution is 2.33. The lowest BCUT2D eigenvalue weighted by Crippen LogP contribution is -2.20. The van der Waals surface area contributed by atoms with Crippen LogP contribution in [0.3, 0.4) is 0 Å². The van der Waals surface area contributed by atoms with Gasteiger partial charge in [0, 0.05) is 12.5 Å². The van der Waals surface area contributed by atoms with E-state index >= 15 is 0 Å². The Kier molecular flexibility index (Phi) is 3.96. The van der Waals surface area contributed by atoms with E-state index in [1.165, 1.54) is 11.9 Å². The summed E-state index contributed by atoms with van der Waals surface area (Å²) in [5, 5.41) is 10.5. The summed E-state index contributed by atoms with van der Waals surface area (Å²) in [6.07, 6.45) is 2.51. The average molecular weight is 326 g/mol. The van der Waals surface area contributed by atoms with Crippen LogP contribution in [0.5, 0.6) is 5.75 Å². The van der Waals surface area contributed by atoms with Crippen LogP contribution in [0.25, 0.3) is 11.6 Å². The number of methoxy groups -OCH3 is 1. The lowest BCUT2D eigenvalue weighted by atomic mass is 9.97. The third-order valence-corrected chi connectivity index (χ3v) is 4.30. The van der Waals surface area contributed by atoms with Gasteiger partial charge in [0.2, 0.25) is 11.7 Å². The van der Waals surface area contributed by atoms with E-state index in [0.717, 1.165) is 25.3 Å². The van der Waals surface area contributed by atoms with Crippen LogP contribution in [0.4, 0.5) is 0 Å². The smallest absolute Gasteiger partial charge is 0.241 e. The van der Waals surface area contributed by atoms with Crippen molar-refractivity contribution >= 4 is 0 Å². The second-order valence-electron chi connectivity index (χ2n) is 5.81. The third kappa shape index (κ3) is 2.88. The Morgan fingerprint density at radius 2 is 2.29 bits per heavy atom. The number of nitrogens with zero attached hydrogens (tertiary/aromatic N) is 5. The van der Waals surface area contributed by atoms with Crippen molar-refractivity contribution in [2.45, 2.75) is 18.9 Å². The van der Waals surface area contributed by atoms with Crippen molar-refractivity contribution in [1.29, 1.82) is 0 Å². The van der Waals surface area contributed by atoms with Gasteiger partial charge in [0.05, 0.1) is 13.7 Å². The Bertz CT molecular complexity index is 801. The zero-order valence-corrected chi connectivity index (χ0v) is 13.3. The predicted octanol–water partition coefficient (Wildman–Crippen LogP) is 1.85. The normalized spacial score (nSPS) is 18.1. The van der Waals surface area contributed by atoms with Crippen molar-refractivity contribution in [1.82, 2.24) is 30.2 Å². The molecule has 8 heteroatoms. The van der Waals surface area contributed by atoms with Gasteiger partial charge in [0.1, 0.15) is 12.1 Å². The fourth-order valence-corrected chi connectivity index (χ4v) is 3.15. The quantitative estimate of drug-likeness (QED) is 0.765. The van der Waals surface area contributed by atoms with Gasteiger partial charge in [-0.05, 0) is 24.6 Å². The molecule has 1 saturated heterocycles. The molecule has 124 valence electrons. The van der Waals surface area contributed by atoms with Crippen molar-refractivity contribution in [2.24, 2.45) is 0 Å². The number of hydrogen-bond acceptors (Lipinski definition) is 7. The summed E-state index contributed by atoms with van der Waals surface area (Å²) >= 11 is 0. The molecule has 3 heterocycles. The lowest BCUT2D eigenvalue weighted by molar-refractivity contribution is 0.265. The molecule has 0 spiro atoms. The van der Waals surface area contributed by atoms with E-state index in [9.17, 15) is 0 Å². The Morgan fingerprint density at radius 1 is 1.38 bits per heavy atom. The van der Waals surface area contributed by atoms with E-state index in [4.69, 9.17) is 9.26 Å². The van der Waals surface area contributed by atoms with Gasteiger partial charge in [-0.25, -0.2) is 4.98 Å². The number of nitrogens with one attached hydrogen (secondary N) is 1. The maximum atomic E-state index is 5.48. The molecule has 3 aromatic rings. The third-order valence-electron chi connectivity index (χ3n) is 4.30. The lowest BCUT2D eigenvalue weighted by Gasteiger charge is -2.16. The first-order valence-corrected chi connectivity index (χ1v) is 7.87. The van der Waals surface area contributed by atoms with Crippen LogP contribution in [0.2, 0.25) is 0 Å². The number of H-pyrrole nitrogens is 1. The monoisotopic (exact) mass is 326 g/mol. The van der Waals surface area contributed by atoms with Crippen LogP contribution in [-0.2, 0) is 6.54 Å². The molecule has 1 aromatic carbocycles. The molecule has 0 saturated carbocycles. The molecule has 0 aliphatic carbocycles. The number of benzene rings is 1. The molecule has 2 aromatic heterocycles. The van der Waals surface area contributed by atoms with Crippen LogP contribution in [0, 0.1) is 0 Å². The second kappa shape index (κ2) is 6.40. The van der Waals surface area contributed by atoms with E-state index in [1.54, 1.807) is 7.11 Å². The number of hydrogen-bond donors (Lipinski definition) is 1. The zero-order chi connectivity index (χ0) is 16.4. The molecule has 24 heavy (non-hydrogen) atoms. The maximum Gasteiger partial charge on any atom is 0.241 e. The Hall–Kier alpha value is -2.74. The van der Waals surface area contributed by atoms with E-state index in [2.05, 4.69) is 42.4 Å². The summed E-state index contributed by atoms with van der Waals surface area (Å²) in [4.78, 5) is 10.7. The Morgan fingerprint density at radius 3 is 3.12 bits per heavy atom. The second-order valence-corrected chi connectivity index (χ2v) is 5.81. The van der Waals surface area contributed by atoms with Gasteiger partial charge in [-0.1, -0.05) is 23.4 Å². The van der Waals surface area contributed by atoms with E-state index in [-0.39, 0.29) is 0 Å². The van der Waals surface area contributed by atoms with Crippen molar-refractivity contribution in [3.05, 3.63) is 42.0 Å². The van der Waals surface area contributed by atoms with Gasteiger partial charge in [-0.3, -0.25) is 10.00 Å². The molecule has 4 rings (SSSR count). The fraction of sp³-hybridized carbons (Fsp3) is 0.375. The number of ether oxygens (including phenoxy) is 1. The number of aromatic nitrogens is 5. The van der Waals surface area contributed by atoms with Gasteiger partial charge in [0.25, 0.3) is 0 Å². The summed E-state index contributed by atoms with van der Waals surface area (Å²) in [6, 6.07) is 8.21. The zero-order valence-electron chi connectivity index (χ0n) is 13.3. The first-order chi connectivity index (χ1) is 11.8. The van der Waals surface area contributed by atoms with E-state index in [1.807, 2.05) is 12.1 Å². The fourth-order valence-electron chi connectivity index (χ4n) is 3.15. The van der Waals surface area contributed by atoms with Crippen LogP contribution in [-0.4, -0.2) is 50.4 Å².